The zero-order valence-electron chi connectivity index (χ0n) is 12.7. The van der Waals surface area contributed by atoms with Gasteiger partial charge >= 0.3 is 7.52 Å². The Labute approximate surface area is 125 Å². The van der Waals surface area contributed by atoms with E-state index in [1.54, 1.807) is 25.9 Å². The minimum atomic E-state index is -3.05. The molecule has 0 saturated heterocycles. The van der Waals surface area contributed by atoms with E-state index in [1.807, 2.05) is 44.2 Å². The Hall–Kier alpha value is -1.93. The average Bonchev–Trinajstić information content (AvgIpc) is 2.42. The third kappa shape index (κ3) is 4.02. The summed E-state index contributed by atoms with van der Waals surface area (Å²) >= 11 is 0. The topological polar surface area (TPSA) is 47.6 Å². The highest BCUT2D eigenvalue weighted by Gasteiger charge is 2.20. The molecule has 0 spiro atoms. The Morgan fingerprint density at radius 3 is 2.33 bits per heavy atom. The van der Waals surface area contributed by atoms with Crippen LogP contribution in [-0.2, 0) is 4.57 Å². The molecule has 0 bridgehead atoms. The van der Waals surface area contributed by atoms with Crippen LogP contribution >= 0.6 is 7.52 Å². The fourth-order valence-electron chi connectivity index (χ4n) is 2.06. The largest absolute Gasteiger partial charge is 0.493 e. The molecular formula is C16H20NO3P. The van der Waals surface area contributed by atoms with Crippen molar-refractivity contribution in [3.05, 3.63) is 53.6 Å². The second-order valence-corrected chi connectivity index (χ2v) is 7.12. The lowest BCUT2D eigenvalue weighted by molar-refractivity contribution is 0.391. The third-order valence-electron chi connectivity index (χ3n) is 3.05. The first-order valence-electron chi connectivity index (χ1n) is 6.67. The number of para-hydroxylation sites is 2. The summed E-state index contributed by atoms with van der Waals surface area (Å²) in [5.41, 5.74) is 3.00. The van der Waals surface area contributed by atoms with Gasteiger partial charge in [0.15, 0.2) is 11.5 Å². The third-order valence-corrected chi connectivity index (χ3v) is 4.24. The van der Waals surface area contributed by atoms with Crippen molar-refractivity contribution in [2.75, 3.05) is 18.9 Å². The normalized spacial score (nSPS) is 13.3. The summed E-state index contributed by atoms with van der Waals surface area (Å²) in [5.74, 6) is 1.02. The minimum absolute atomic E-state index is 0.461. The molecule has 0 aliphatic carbocycles. The predicted octanol–water partition coefficient (Wildman–Crippen LogP) is 4.63. The molecule has 1 atom stereocenters. The lowest BCUT2D eigenvalue weighted by atomic mass is 10.1. The summed E-state index contributed by atoms with van der Waals surface area (Å²) in [4.78, 5) is 0. The van der Waals surface area contributed by atoms with Crippen molar-refractivity contribution in [2.45, 2.75) is 13.8 Å². The first-order valence-corrected chi connectivity index (χ1v) is 8.74. The van der Waals surface area contributed by atoms with Gasteiger partial charge in [0.1, 0.15) is 0 Å². The van der Waals surface area contributed by atoms with Gasteiger partial charge in [-0.1, -0.05) is 29.8 Å². The van der Waals surface area contributed by atoms with E-state index >= 15 is 0 Å². The smallest absolute Gasteiger partial charge is 0.338 e. The quantitative estimate of drug-likeness (QED) is 0.818. The molecule has 0 amide bonds. The van der Waals surface area contributed by atoms with E-state index in [0.29, 0.717) is 11.5 Å². The maximum atomic E-state index is 12.7. The Kier molecular flexibility index (Phi) is 4.59. The van der Waals surface area contributed by atoms with Crippen LogP contribution in [0.3, 0.4) is 0 Å². The van der Waals surface area contributed by atoms with Crippen LogP contribution in [0.2, 0.25) is 0 Å². The Morgan fingerprint density at radius 2 is 1.71 bits per heavy atom. The summed E-state index contributed by atoms with van der Waals surface area (Å²) < 4.78 is 23.5. The monoisotopic (exact) mass is 305 g/mol. The summed E-state index contributed by atoms with van der Waals surface area (Å²) in [7, 11) is -1.49. The van der Waals surface area contributed by atoms with E-state index in [9.17, 15) is 4.57 Å². The highest BCUT2D eigenvalue weighted by molar-refractivity contribution is 7.60. The van der Waals surface area contributed by atoms with Crippen LogP contribution in [0, 0.1) is 13.8 Å². The molecule has 2 aromatic carbocycles. The van der Waals surface area contributed by atoms with Crippen LogP contribution in [0.25, 0.3) is 0 Å². The van der Waals surface area contributed by atoms with Gasteiger partial charge in [0.25, 0.3) is 0 Å². The van der Waals surface area contributed by atoms with E-state index in [-0.39, 0.29) is 0 Å². The van der Waals surface area contributed by atoms with Gasteiger partial charge in [-0.2, -0.15) is 0 Å². The molecule has 1 N–H and O–H groups in total. The second kappa shape index (κ2) is 6.23. The molecule has 0 aromatic heterocycles. The van der Waals surface area contributed by atoms with Crippen molar-refractivity contribution in [1.82, 2.24) is 0 Å². The van der Waals surface area contributed by atoms with Crippen molar-refractivity contribution in [1.29, 1.82) is 0 Å². The van der Waals surface area contributed by atoms with Gasteiger partial charge in [-0.05, 0) is 37.6 Å². The molecular weight excluding hydrogens is 285 g/mol. The van der Waals surface area contributed by atoms with Crippen molar-refractivity contribution in [3.63, 3.8) is 0 Å². The van der Waals surface area contributed by atoms with Crippen molar-refractivity contribution >= 4 is 13.2 Å². The summed E-state index contributed by atoms with van der Waals surface area (Å²) in [6.07, 6.45) is 0. The van der Waals surface area contributed by atoms with E-state index in [0.717, 1.165) is 16.8 Å². The van der Waals surface area contributed by atoms with Crippen molar-refractivity contribution < 1.29 is 13.8 Å². The zero-order valence-corrected chi connectivity index (χ0v) is 13.6. The fraction of sp³-hybridized carbons (Fsp3) is 0.250. The molecule has 0 heterocycles. The van der Waals surface area contributed by atoms with Gasteiger partial charge in [-0.25, -0.2) is 0 Å². The van der Waals surface area contributed by atoms with Crippen LogP contribution < -0.4 is 14.3 Å². The fourth-order valence-corrected chi connectivity index (χ4v) is 3.32. The van der Waals surface area contributed by atoms with Gasteiger partial charge in [0, 0.05) is 12.4 Å². The minimum Gasteiger partial charge on any atom is -0.493 e. The molecule has 0 aliphatic heterocycles. The second-order valence-electron chi connectivity index (χ2n) is 5.02. The predicted molar refractivity (Wildman–Crippen MR) is 86.7 cm³/mol. The van der Waals surface area contributed by atoms with Gasteiger partial charge in [0.05, 0.1) is 7.11 Å². The van der Waals surface area contributed by atoms with Crippen molar-refractivity contribution in [3.8, 4) is 11.5 Å². The summed E-state index contributed by atoms with van der Waals surface area (Å²) in [5, 5.41) is 2.99. The molecule has 2 aromatic rings. The Balaban J connectivity index is 2.20. The highest BCUT2D eigenvalue weighted by atomic mass is 31.2. The van der Waals surface area contributed by atoms with Crippen LogP contribution in [-0.4, -0.2) is 13.8 Å². The average molecular weight is 305 g/mol. The molecule has 0 aliphatic rings. The van der Waals surface area contributed by atoms with Gasteiger partial charge in [0.2, 0.25) is 0 Å². The number of anilines is 1. The first-order chi connectivity index (χ1) is 9.91. The summed E-state index contributed by atoms with van der Waals surface area (Å²) in [6, 6.07) is 13.1. The molecule has 0 radical (unpaired) electrons. The van der Waals surface area contributed by atoms with Gasteiger partial charge in [-0.3, -0.25) is 4.57 Å². The van der Waals surface area contributed by atoms with Crippen LogP contribution in [0.15, 0.2) is 42.5 Å². The number of methoxy groups -OCH3 is 1. The molecule has 2 rings (SSSR count). The molecule has 0 saturated carbocycles. The van der Waals surface area contributed by atoms with Crippen molar-refractivity contribution in [2.24, 2.45) is 0 Å². The lowest BCUT2D eigenvalue weighted by Crippen LogP contribution is -2.04. The maximum absolute atomic E-state index is 12.7. The Bertz CT molecular complexity index is 685. The van der Waals surface area contributed by atoms with Gasteiger partial charge < -0.3 is 14.3 Å². The molecule has 4 nitrogen and oxygen atoms in total. The maximum Gasteiger partial charge on any atom is 0.338 e. The number of benzene rings is 2. The van der Waals surface area contributed by atoms with Crippen LogP contribution in [0.1, 0.15) is 11.1 Å². The number of hydrogen-bond acceptors (Lipinski definition) is 3. The zero-order chi connectivity index (χ0) is 15.5. The molecule has 112 valence electrons. The molecule has 0 unspecified atom stereocenters. The van der Waals surface area contributed by atoms with Crippen LogP contribution in [0.4, 0.5) is 5.69 Å². The standard InChI is InChI=1S/C16H20NO3P/c1-12-9-10-14(13(2)11-12)17-21(4,18)20-16-8-6-5-7-15(16)19-3/h5-11H,1-4H3,(H,17,18)/t21-/m1/s1. The number of ether oxygens (including phenoxy) is 1. The Morgan fingerprint density at radius 1 is 1.05 bits per heavy atom. The highest BCUT2D eigenvalue weighted by Crippen LogP contribution is 2.46. The van der Waals surface area contributed by atoms with Crippen LogP contribution in [0.5, 0.6) is 11.5 Å². The number of hydrogen-bond donors (Lipinski definition) is 1. The molecule has 5 heteroatoms. The van der Waals surface area contributed by atoms with E-state index in [1.165, 1.54) is 0 Å². The lowest BCUT2D eigenvalue weighted by Gasteiger charge is -2.20. The molecule has 0 fully saturated rings. The SMILES string of the molecule is COc1ccccc1O[P@@](C)(=O)Nc1ccc(C)cc1C. The van der Waals surface area contributed by atoms with Gasteiger partial charge in [-0.15, -0.1) is 0 Å². The first kappa shape index (κ1) is 15.5. The number of aryl methyl sites for hydroxylation is 2. The summed E-state index contributed by atoms with van der Waals surface area (Å²) in [6.45, 7) is 5.55. The van der Waals surface area contributed by atoms with E-state index in [4.69, 9.17) is 9.26 Å². The number of nitrogens with one attached hydrogen (secondary N) is 1. The molecule has 21 heavy (non-hydrogen) atoms. The van der Waals surface area contributed by atoms with E-state index in [2.05, 4.69) is 5.09 Å². The number of rotatable bonds is 5. The van der Waals surface area contributed by atoms with E-state index < -0.39 is 7.52 Å².